The molecule has 0 aliphatic heterocycles. The van der Waals surface area contributed by atoms with Crippen LogP contribution in [-0.2, 0) is 0 Å². The highest BCUT2D eigenvalue weighted by molar-refractivity contribution is 9.10. The summed E-state index contributed by atoms with van der Waals surface area (Å²) >= 11 is 9.42. The average molecular weight is 345 g/mol. The van der Waals surface area contributed by atoms with Crippen molar-refractivity contribution in [3.63, 3.8) is 0 Å². The Morgan fingerprint density at radius 1 is 1.47 bits per heavy atom. The SMILES string of the molecule is C=CC[C@@H](c1cc(Cl)ccc1Br)N(CC=C)C(=O)O. The molecule has 5 heteroatoms. The minimum Gasteiger partial charge on any atom is -0.465 e. The molecule has 0 fully saturated rings. The van der Waals surface area contributed by atoms with E-state index in [0.717, 1.165) is 10.0 Å². The molecule has 1 N–H and O–H groups in total. The fourth-order valence-electron chi connectivity index (χ4n) is 1.83. The quantitative estimate of drug-likeness (QED) is 0.747. The monoisotopic (exact) mass is 343 g/mol. The maximum Gasteiger partial charge on any atom is 0.408 e. The summed E-state index contributed by atoms with van der Waals surface area (Å²) in [6.45, 7) is 7.52. The lowest BCUT2D eigenvalue weighted by Gasteiger charge is -2.29. The van der Waals surface area contributed by atoms with Gasteiger partial charge in [-0.1, -0.05) is 39.7 Å². The first-order chi connectivity index (χ1) is 9.01. The highest BCUT2D eigenvalue weighted by atomic mass is 79.9. The fourth-order valence-corrected chi connectivity index (χ4v) is 2.52. The summed E-state index contributed by atoms with van der Waals surface area (Å²) < 4.78 is 0.819. The highest BCUT2D eigenvalue weighted by Crippen LogP contribution is 2.33. The van der Waals surface area contributed by atoms with Gasteiger partial charge in [0, 0.05) is 16.0 Å². The van der Waals surface area contributed by atoms with Gasteiger partial charge in [0.1, 0.15) is 0 Å². The van der Waals surface area contributed by atoms with E-state index in [4.69, 9.17) is 11.6 Å². The zero-order valence-corrected chi connectivity index (χ0v) is 12.7. The standard InChI is InChI=1S/C14H15BrClNO2/c1-3-5-13(17(8-4-2)14(18)19)11-9-10(16)6-7-12(11)15/h3-4,6-7,9,13H,1-2,5,8H2,(H,18,19)/t13-/m0/s1. The van der Waals surface area contributed by atoms with Crippen LogP contribution in [0.15, 0.2) is 48.0 Å². The maximum absolute atomic E-state index is 11.4. The number of carboxylic acid groups (broad SMARTS) is 1. The van der Waals surface area contributed by atoms with E-state index < -0.39 is 6.09 Å². The average Bonchev–Trinajstić information content (AvgIpc) is 2.36. The zero-order valence-electron chi connectivity index (χ0n) is 10.4. The molecule has 1 amide bonds. The largest absolute Gasteiger partial charge is 0.465 e. The van der Waals surface area contributed by atoms with Gasteiger partial charge < -0.3 is 5.11 Å². The van der Waals surface area contributed by atoms with Gasteiger partial charge in [-0.3, -0.25) is 4.90 Å². The van der Waals surface area contributed by atoms with E-state index in [2.05, 4.69) is 29.1 Å². The molecule has 1 aromatic carbocycles. The van der Waals surface area contributed by atoms with Crippen molar-refractivity contribution < 1.29 is 9.90 Å². The van der Waals surface area contributed by atoms with Gasteiger partial charge in [0.25, 0.3) is 0 Å². The predicted molar refractivity (Wildman–Crippen MR) is 81.6 cm³/mol. The van der Waals surface area contributed by atoms with Crippen LogP contribution in [0.3, 0.4) is 0 Å². The molecule has 1 aromatic rings. The first-order valence-corrected chi connectivity index (χ1v) is 6.84. The molecular weight excluding hydrogens is 330 g/mol. The lowest BCUT2D eigenvalue weighted by Crippen LogP contribution is -2.33. The van der Waals surface area contributed by atoms with E-state index in [0.29, 0.717) is 11.4 Å². The molecule has 1 rings (SSSR count). The molecule has 0 spiro atoms. The molecule has 0 saturated heterocycles. The van der Waals surface area contributed by atoms with Crippen LogP contribution in [0.5, 0.6) is 0 Å². The van der Waals surface area contributed by atoms with Crippen molar-refractivity contribution in [2.75, 3.05) is 6.54 Å². The summed E-state index contributed by atoms with van der Waals surface area (Å²) in [5.74, 6) is 0. The van der Waals surface area contributed by atoms with Gasteiger partial charge in [-0.25, -0.2) is 4.79 Å². The van der Waals surface area contributed by atoms with E-state index in [1.54, 1.807) is 24.3 Å². The van der Waals surface area contributed by atoms with E-state index in [-0.39, 0.29) is 12.6 Å². The van der Waals surface area contributed by atoms with Gasteiger partial charge in [0.15, 0.2) is 0 Å². The van der Waals surface area contributed by atoms with Crippen molar-refractivity contribution in [2.45, 2.75) is 12.5 Å². The Labute approximate surface area is 126 Å². The van der Waals surface area contributed by atoms with Crippen LogP contribution >= 0.6 is 27.5 Å². The second-order valence-corrected chi connectivity index (χ2v) is 5.22. The molecule has 0 radical (unpaired) electrons. The molecule has 1 atom stereocenters. The van der Waals surface area contributed by atoms with Gasteiger partial charge in [-0.2, -0.15) is 0 Å². The first kappa shape index (κ1) is 15.8. The van der Waals surface area contributed by atoms with Gasteiger partial charge in [0.05, 0.1) is 6.04 Å². The van der Waals surface area contributed by atoms with Crippen LogP contribution in [-0.4, -0.2) is 22.6 Å². The van der Waals surface area contributed by atoms with Crippen molar-refractivity contribution in [3.05, 3.63) is 58.6 Å². The van der Waals surface area contributed by atoms with Crippen LogP contribution in [0.1, 0.15) is 18.0 Å². The Bertz CT molecular complexity index is 490. The van der Waals surface area contributed by atoms with Crippen molar-refractivity contribution >= 4 is 33.6 Å². The molecule has 0 unspecified atom stereocenters. The Hall–Kier alpha value is -1.26. The molecule has 19 heavy (non-hydrogen) atoms. The Morgan fingerprint density at radius 2 is 2.16 bits per heavy atom. The summed E-state index contributed by atoms with van der Waals surface area (Å²) in [6.07, 6.45) is 2.75. The minimum absolute atomic E-state index is 0.243. The number of carbonyl (C=O) groups is 1. The van der Waals surface area contributed by atoms with Crippen molar-refractivity contribution in [1.82, 2.24) is 4.90 Å². The first-order valence-electron chi connectivity index (χ1n) is 5.67. The van der Waals surface area contributed by atoms with Crippen LogP contribution in [0, 0.1) is 0 Å². The third-order valence-corrected chi connectivity index (χ3v) is 3.61. The maximum atomic E-state index is 11.4. The number of amides is 1. The van der Waals surface area contributed by atoms with Crippen LogP contribution in [0.25, 0.3) is 0 Å². The summed E-state index contributed by atoms with van der Waals surface area (Å²) in [5, 5.41) is 9.88. The van der Waals surface area contributed by atoms with Crippen LogP contribution in [0.2, 0.25) is 5.02 Å². The Balaban J connectivity index is 3.24. The number of rotatable bonds is 6. The highest BCUT2D eigenvalue weighted by Gasteiger charge is 2.24. The van der Waals surface area contributed by atoms with Crippen molar-refractivity contribution in [3.8, 4) is 0 Å². The third-order valence-electron chi connectivity index (χ3n) is 2.65. The lowest BCUT2D eigenvalue weighted by atomic mass is 10.0. The lowest BCUT2D eigenvalue weighted by molar-refractivity contribution is 0.131. The van der Waals surface area contributed by atoms with Crippen LogP contribution < -0.4 is 0 Å². The summed E-state index contributed by atoms with van der Waals surface area (Å²) in [5.41, 5.74) is 0.816. The Kier molecular flexibility index (Phi) is 6.12. The summed E-state index contributed by atoms with van der Waals surface area (Å²) in [6, 6.07) is 4.97. The predicted octanol–water partition coefficient (Wildman–Crippen LogP) is 4.89. The van der Waals surface area contributed by atoms with E-state index in [1.807, 2.05) is 6.07 Å². The van der Waals surface area contributed by atoms with Crippen molar-refractivity contribution in [2.24, 2.45) is 0 Å². The van der Waals surface area contributed by atoms with Gasteiger partial charge in [0.2, 0.25) is 0 Å². The second kappa shape index (κ2) is 7.36. The molecule has 102 valence electrons. The number of halogens is 2. The number of hydrogen-bond acceptors (Lipinski definition) is 1. The molecular formula is C14H15BrClNO2. The zero-order chi connectivity index (χ0) is 14.4. The molecule has 0 saturated carbocycles. The summed E-state index contributed by atoms with van der Waals surface area (Å²) in [4.78, 5) is 12.7. The third kappa shape index (κ3) is 4.11. The van der Waals surface area contributed by atoms with E-state index in [1.165, 1.54) is 4.90 Å². The molecule has 0 heterocycles. The normalized spacial score (nSPS) is 11.7. The summed E-state index contributed by atoms with van der Waals surface area (Å²) in [7, 11) is 0. The smallest absolute Gasteiger partial charge is 0.408 e. The molecule has 0 aliphatic rings. The fraction of sp³-hybridized carbons (Fsp3) is 0.214. The van der Waals surface area contributed by atoms with Crippen molar-refractivity contribution in [1.29, 1.82) is 0 Å². The van der Waals surface area contributed by atoms with Gasteiger partial charge >= 0.3 is 6.09 Å². The van der Waals surface area contributed by atoms with Gasteiger partial charge in [-0.15, -0.1) is 13.2 Å². The molecule has 0 aromatic heterocycles. The minimum atomic E-state index is -1.00. The van der Waals surface area contributed by atoms with Gasteiger partial charge in [-0.05, 0) is 30.2 Å². The molecule has 3 nitrogen and oxygen atoms in total. The number of nitrogens with zero attached hydrogens (tertiary/aromatic N) is 1. The molecule has 0 aliphatic carbocycles. The second-order valence-electron chi connectivity index (χ2n) is 3.93. The topological polar surface area (TPSA) is 40.5 Å². The van der Waals surface area contributed by atoms with E-state index >= 15 is 0 Å². The van der Waals surface area contributed by atoms with Crippen LogP contribution in [0.4, 0.5) is 4.79 Å². The molecule has 0 bridgehead atoms. The van der Waals surface area contributed by atoms with E-state index in [9.17, 15) is 9.90 Å². The number of hydrogen-bond donors (Lipinski definition) is 1. The Morgan fingerprint density at radius 3 is 2.68 bits per heavy atom. The number of benzene rings is 1.